The Morgan fingerprint density at radius 3 is 3.04 bits per heavy atom. The molecule has 2 aromatic rings. The number of likely N-dealkylation sites (tertiary alicyclic amines) is 1. The molecule has 1 fully saturated rings. The van der Waals surface area contributed by atoms with Crippen LogP contribution in [-0.4, -0.2) is 40.2 Å². The minimum Gasteiger partial charge on any atom is -0.471 e. The predicted octanol–water partition coefficient (Wildman–Crippen LogP) is 3.13. The number of hydrogen-bond donors (Lipinski definition) is 0. The molecule has 0 N–H and O–H groups in total. The Bertz CT molecular complexity index is 681. The number of hydrogen-bond acceptors (Lipinski definition) is 4. The van der Waals surface area contributed by atoms with Crippen molar-refractivity contribution in [2.24, 2.45) is 0 Å². The Kier molecular flexibility index (Phi) is 5.64. The number of carbonyl (C=O) groups is 1. The summed E-state index contributed by atoms with van der Waals surface area (Å²) in [6, 6.07) is 11.2. The van der Waals surface area contributed by atoms with Crippen LogP contribution in [0.4, 0.5) is 0 Å². The third-order valence-electron chi connectivity index (χ3n) is 4.08. The van der Waals surface area contributed by atoms with Crippen LogP contribution in [0.15, 0.2) is 42.6 Å². The van der Waals surface area contributed by atoms with E-state index in [0.29, 0.717) is 30.3 Å². The molecule has 1 aromatic heterocycles. The first-order chi connectivity index (χ1) is 11.7. The first-order valence-electron chi connectivity index (χ1n) is 8.17. The van der Waals surface area contributed by atoms with Crippen LogP contribution in [0.2, 0.25) is 5.02 Å². The molecule has 0 saturated carbocycles. The number of aromatic nitrogens is 2. The zero-order chi connectivity index (χ0) is 16.8. The van der Waals surface area contributed by atoms with Gasteiger partial charge in [0.05, 0.1) is 6.54 Å². The molecule has 1 amide bonds. The quantitative estimate of drug-likeness (QED) is 0.835. The van der Waals surface area contributed by atoms with Crippen molar-refractivity contribution in [2.75, 3.05) is 13.1 Å². The lowest BCUT2D eigenvalue weighted by Gasteiger charge is -2.32. The molecular weight excluding hydrogens is 326 g/mol. The van der Waals surface area contributed by atoms with Gasteiger partial charge in [0.25, 0.3) is 0 Å². The van der Waals surface area contributed by atoms with Gasteiger partial charge in [-0.1, -0.05) is 23.7 Å². The van der Waals surface area contributed by atoms with Gasteiger partial charge in [0.2, 0.25) is 11.8 Å². The molecule has 1 aliphatic rings. The molecule has 5 nitrogen and oxygen atoms in total. The molecule has 0 spiro atoms. The smallest absolute Gasteiger partial charge is 0.233 e. The molecule has 2 heterocycles. The second-order valence-corrected chi connectivity index (χ2v) is 6.35. The molecule has 1 aromatic carbocycles. The van der Waals surface area contributed by atoms with E-state index in [4.69, 9.17) is 16.3 Å². The van der Waals surface area contributed by atoms with Gasteiger partial charge in [-0.15, -0.1) is 5.10 Å². The number of rotatable bonds is 5. The molecule has 6 heteroatoms. The molecule has 1 atom stereocenters. The highest BCUT2D eigenvalue weighted by molar-refractivity contribution is 6.30. The van der Waals surface area contributed by atoms with Crippen LogP contribution < -0.4 is 4.74 Å². The van der Waals surface area contributed by atoms with Crippen LogP contribution in [0, 0.1) is 0 Å². The van der Waals surface area contributed by atoms with Crippen molar-refractivity contribution in [3.05, 3.63) is 53.2 Å². The summed E-state index contributed by atoms with van der Waals surface area (Å²) in [5.74, 6) is 0.665. The summed E-state index contributed by atoms with van der Waals surface area (Å²) in [6.07, 6.45) is 4.64. The van der Waals surface area contributed by atoms with E-state index in [0.717, 1.165) is 24.9 Å². The average molecular weight is 346 g/mol. The second kappa shape index (κ2) is 8.11. The van der Waals surface area contributed by atoms with Crippen LogP contribution in [0.25, 0.3) is 0 Å². The highest BCUT2D eigenvalue weighted by Crippen LogP contribution is 2.18. The Morgan fingerprint density at radius 1 is 1.33 bits per heavy atom. The number of ether oxygens (including phenoxy) is 1. The van der Waals surface area contributed by atoms with Crippen LogP contribution in [0.1, 0.15) is 24.8 Å². The lowest BCUT2D eigenvalue weighted by atomic mass is 10.1. The Hall–Kier alpha value is -2.14. The van der Waals surface area contributed by atoms with E-state index in [-0.39, 0.29) is 12.0 Å². The Labute approximate surface area is 146 Å². The zero-order valence-electron chi connectivity index (χ0n) is 13.4. The summed E-state index contributed by atoms with van der Waals surface area (Å²) in [5, 5.41) is 8.45. The summed E-state index contributed by atoms with van der Waals surface area (Å²) in [6.45, 7) is 1.39. The fourth-order valence-electron chi connectivity index (χ4n) is 2.88. The van der Waals surface area contributed by atoms with E-state index in [2.05, 4.69) is 10.2 Å². The predicted molar refractivity (Wildman–Crippen MR) is 92.0 cm³/mol. The highest BCUT2D eigenvalue weighted by Gasteiger charge is 2.25. The monoisotopic (exact) mass is 345 g/mol. The lowest BCUT2D eigenvalue weighted by Crippen LogP contribution is -2.44. The maximum absolute atomic E-state index is 12.5. The molecule has 24 heavy (non-hydrogen) atoms. The number of halogens is 1. The number of piperidine rings is 1. The number of nitrogens with zero attached hydrogens (tertiary/aromatic N) is 3. The number of aryl methyl sites for hydroxylation is 1. The molecule has 0 radical (unpaired) electrons. The number of carbonyl (C=O) groups excluding carboxylic acids is 1. The van der Waals surface area contributed by atoms with Gasteiger partial charge >= 0.3 is 0 Å². The second-order valence-electron chi connectivity index (χ2n) is 5.91. The van der Waals surface area contributed by atoms with Crippen molar-refractivity contribution in [3.8, 4) is 5.88 Å². The van der Waals surface area contributed by atoms with E-state index < -0.39 is 0 Å². The van der Waals surface area contributed by atoms with Crippen molar-refractivity contribution >= 4 is 17.5 Å². The number of benzene rings is 1. The van der Waals surface area contributed by atoms with Crippen molar-refractivity contribution in [3.63, 3.8) is 0 Å². The molecule has 0 bridgehead atoms. The maximum atomic E-state index is 12.5. The molecule has 1 saturated heterocycles. The highest BCUT2D eigenvalue weighted by atomic mass is 35.5. The SMILES string of the molecule is O=C(CCc1cccc(Cl)c1)N1CCCC(Oc2cccnn2)C1. The van der Waals surface area contributed by atoms with E-state index >= 15 is 0 Å². The van der Waals surface area contributed by atoms with E-state index in [1.165, 1.54) is 0 Å². The standard InChI is InChI=1S/C18H20ClN3O2/c19-15-5-1-4-14(12-15)8-9-18(23)22-11-3-6-16(13-22)24-17-7-2-10-20-21-17/h1-2,4-5,7,10,12,16H,3,6,8-9,11,13H2. The summed E-state index contributed by atoms with van der Waals surface area (Å²) in [7, 11) is 0. The summed E-state index contributed by atoms with van der Waals surface area (Å²) < 4.78 is 5.83. The maximum Gasteiger partial charge on any atom is 0.233 e. The molecule has 1 unspecified atom stereocenters. The topological polar surface area (TPSA) is 55.3 Å². The van der Waals surface area contributed by atoms with Gasteiger partial charge in [0, 0.05) is 30.3 Å². The fourth-order valence-corrected chi connectivity index (χ4v) is 3.10. The van der Waals surface area contributed by atoms with Gasteiger partial charge in [0.15, 0.2) is 0 Å². The largest absolute Gasteiger partial charge is 0.471 e. The van der Waals surface area contributed by atoms with Gasteiger partial charge in [-0.3, -0.25) is 4.79 Å². The van der Waals surface area contributed by atoms with Gasteiger partial charge < -0.3 is 9.64 Å². The lowest BCUT2D eigenvalue weighted by molar-refractivity contribution is -0.133. The Balaban J connectivity index is 1.51. The van der Waals surface area contributed by atoms with E-state index in [1.807, 2.05) is 29.2 Å². The first-order valence-corrected chi connectivity index (χ1v) is 8.55. The third-order valence-corrected chi connectivity index (χ3v) is 4.32. The van der Waals surface area contributed by atoms with E-state index in [1.54, 1.807) is 18.3 Å². The molecule has 1 aliphatic heterocycles. The van der Waals surface area contributed by atoms with Crippen molar-refractivity contribution in [1.29, 1.82) is 0 Å². The minimum absolute atomic E-state index is 0.0226. The molecular formula is C18H20ClN3O2. The zero-order valence-corrected chi connectivity index (χ0v) is 14.2. The fraction of sp³-hybridized carbons (Fsp3) is 0.389. The molecule has 126 valence electrons. The van der Waals surface area contributed by atoms with Gasteiger partial charge in [0.1, 0.15) is 6.10 Å². The summed E-state index contributed by atoms with van der Waals surface area (Å²) in [5.41, 5.74) is 1.08. The number of amides is 1. The average Bonchev–Trinajstić information content (AvgIpc) is 2.61. The molecule has 0 aliphatic carbocycles. The first kappa shape index (κ1) is 16.7. The molecule has 3 rings (SSSR count). The van der Waals surface area contributed by atoms with Crippen molar-refractivity contribution in [2.45, 2.75) is 31.8 Å². The van der Waals surface area contributed by atoms with Crippen LogP contribution in [-0.2, 0) is 11.2 Å². The normalized spacial score (nSPS) is 17.5. The minimum atomic E-state index is -0.0226. The Morgan fingerprint density at radius 2 is 2.25 bits per heavy atom. The van der Waals surface area contributed by atoms with Crippen molar-refractivity contribution < 1.29 is 9.53 Å². The van der Waals surface area contributed by atoms with Gasteiger partial charge in [-0.25, -0.2) is 0 Å². The van der Waals surface area contributed by atoms with Crippen molar-refractivity contribution in [1.82, 2.24) is 15.1 Å². The van der Waals surface area contributed by atoms with Crippen LogP contribution >= 0.6 is 11.6 Å². The van der Waals surface area contributed by atoms with Gasteiger partial charge in [-0.2, -0.15) is 5.10 Å². The van der Waals surface area contributed by atoms with Gasteiger partial charge in [-0.05, 0) is 43.0 Å². The van der Waals surface area contributed by atoms with Crippen LogP contribution in [0.3, 0.4) is 0 Å². The summed E-state index contributed by atoms with van der Waals surface area (Å²) in [4.78, 5) is 14.3. The summed E-state index contributed by atoms with van der Waals surface area (Å²) >= 11 is 5.98. The van der Waals surface area contributed by atoms with Crippen LogP contribution in [0.5, 0.6) is 5.88 Å². The van der Waals surface area contributed by atoms with E-state index in [9.17, 15) is 4.79 Å². The third kappa shape index (κ3) is 4.68.